The lowest BCUT2D eigenvalue weighted by atomic mass is 10.2. The topological polar surface area (TPSA) is 15.7 Å². The van der Waals surface area contributed by atoms with Crippen LogP contribution in [0.5, 0.6) is 0 Å². The van der Waals surface area contributed by atoms with Gasteiger partial charge in [0.25, 0.3) is 0 Å². The molecule has 0 saturated carbocycles. The molecule has 0 aliphatic carbocycles. The molecule has 4 heteroatoms. The van der Waals surface area contributed by atoms with Gasteiger partial charge >= 0.3 is 0 Å². The number of hydrogen-bond donors (Lipinski definition) is 0. The van der Waals surface area contributed by atoms with Gasteiger partial charge in [-0.15, -0.1) is 0 Å². The van der Waals surface area contributed by atoms with E-state index in [1.807, 2.05) is 12.1 Å². The lowest BCUT2D eigenvalue weighted by molar-refractivity contribution is 0.144. The highest BCUT2D eigenvalue weighted by atomic mass is 35.5. The predicted octanol–water partition coefficient (Wildman–Crippen LogP) is 2.11. The molecule has 0 aromatic heterocycles. The summed E-state index contributed by atoms with van der Waals surface area (Å²) in [5, 5.41) is 0.799. The lowest BCUT2D eigenvalue weighted by Gasteiger charge is -2.36. The molecule has 17 heavy (non-hydrogen) atoms. The largest absolute Gasteiger partial charge is 0.383 e. The number of halogens is 1. The Morgan fingerprint density at radius 2 is 1.76 bits per heavy atom. The van der Waals surface area contributed by atoms with E-state index >= 15 is 0 Å². The Bertz CT molecular complexity index is 334. The maximum atomic E-state index is 5.89. The van der Waals surface area contributed by atoms with Gasteiger partial charge in [-0.3, -0.25) is 4.90 Å². The maximum Gasteiger partial charge on any atom is 0.0589 e. The average Bonchev–Trinajstić information content (AvgIpc) is 2.38. The van der Waals surface area contributed by atoms with Crippen LogP contribution in [0.15, 0.2) is 24.3 Å². The van der Waals surface area contributed by atoms with Crippen molar-refractivity contribution in [2.75, 3.05) is 51.3 Å². The second-order valence-corrected chi connectivity index (χ2v) is 4.73. The van der Waals surface area contributed by atoms with E-state index in [2.05, 4.69) is 21.9 Å². The minimum Gasteiger partial charge on any atom is -0.383 e. The van der Waals surface area contributed by atoms with Crippen LogP contribution in [0.4, 0.5) is 5.69 Å². The monoisotopic (exact) mass is 254 g/mol. The third-order valence-corrected chi connectivity index (χ3v) is 3.43. The standard InChI is InChI=1S/C13H19ClN2O/c1-17-11-10-15-6-8-16(9-7-15)13-4-2-12(14)3-5-13/h2-5H,6-11H2,1H3. The Labute approximate surface area is 108 Å². The van der Waals surface area contributed by atoms with Crippen LogP contribution < -0.4 is 4.90 Å². The molecule has 3 nitrogen and oxygen atoms in total. The first-order chi connectivity index (χ1) is 8.29. The second kappa shape index (κ2) is 6.24. The molecule has 0 amide bonds. The summed E-state index contributed by atoms with van der Waals surface area (Å²) in [6.07, 6.45) is 0. The number of piperazine rings is 1. The normalized spacial score (nSPS) is 17.4. The quantitative estimate of drug-likeness (QED) is 0.819. The van der Waals surface area contributed by atoms with Gasteiger partial charge in [0.1, 0.15) is 0 Å². The average molecular weight is 255 g/mol. The Morgan fingerprint density at radius 1 is 1.12 bits per heavy atom. The Morgan fingerprint density at radius 3 is 2.35 bits per heavy atom. The predicted molar refractivity (Wildman–Crippen MR) is 72.0 cm³/mol. The highest BCUT2D eigenvalue weighted by Gasteiger charge is 2.16. The van der Waals surface area contributed by atoms with Crippen LogP contribution in [0.25, 0.3) is 0 Å². The molecule has 0 spiro atoms. The van der Waals surface area contributed by atoms with Gasteiger partial charge < -0.3 is 9.64 Å². The van der Waals surface area contributed by atoms with Crippen molar-refractivity contribution >= 4 is 17.3 Å². The molecule has 2 rings (SSSR count). The SMILES string of the molecule is COCCN1CCN(c2ccc(Cl)cc2)CC1. The molecule has 0 unspecified atom stereocenters. The van der Waals surface area contributed by atoms with Crippen LogP contribution >= 0.6 is 11.6 Å². The third-order valence-electron chi connectivity index (χ3n) is 3.18. The van der Waals surface area contributed by atoms with E-state index in [9.17, 15) is 0 Å². The van der Waals surface area contributed by atoms with Gasteiger partial charge in [0.05, 0.1) is 6.61 Å². The van der Waals surface area contributed by atoms with Crippen LogP contribution in [0.3, 0.4) is 0 Å². The molecule has 0 N–H and O–H groups in total. The van der Waals surface area contributed by atoms with E-state index in [-0.39, 0.29) is 0 Å². The van der Waals surface area contributed by atoms with Crippen LogP contribution in [-0.4, -0.2) is 51.3 Å². The van der Waals surface area contributed by atoms with Gasteiger partial charge in [0, 0.05) is 50.5 Å². The van der Waals surface area contributed by atoms with Gasteiger partial charge in [0.15, 0.2) is 0 Å². The third kappa shape index (κ3) is 3.60. The molecule has 1 aliphatic rings. The van der Waals surface area contributed by atoms with Crippen molar-refractivity contribution in [2.24, 2.45) is 0 Å². The van der Waals surface area contributed by atoms with E-state index in [1.165, 1.54) is 5.69 Å². The summed E-state index contributed by atoms with van der Waals surface area (Å²) in [5.74, 6) is 0. The molecule has 0 bridgehead atoms. The summed E-state index contributed by atoms with van der Waals surface area (Å²) < 4.78 is 5.10. The van der Waals surface area contributed by atoms with Crippen molar-refractivity contribution in [3.8, 4) is 0 Å². The van der Waals surface area contributed by atoms with Gasteiger partial charge in [-0.25, -0.2) is 0 Å². The molecule has 0 radical (unpaired) electrons. The molecule has 1 aliphatic heterocycles. The molecule has 1 aromatic carbocycles. The van der Waals surface area contributed by atoms with Crippen LogP contribution in [0.1, 0.15) is 0 Å². The fraction of sp³-hybridized carbons (Fsp3) is 0.538. The zero-order chi connectivity index (χ0) is 12.1. The zero-order valence-electron chi connectivity index (χ0n) is 10.2. The molecule has 1 saturated heterocycles. The van der Waals surface area contributed by atoms with E-state index in [4.69, 9.17) is 16.3 Å². The summed E-state index contributed by atoms with van der Waals surface area (Å²) in [5.41, 5.74) is 1.26. The molecule has 94 valence electrons. The minimum atomic E-state index is 0.799. The Balaban J connectivity index is 1.84. The first kappa shape index (κ1) is 12.7. The van der Waals surface area contributed by atoms with Crippen LogP contribution in [-0.2, 0) is 4.74 Å². The molecule has 1 heterocycles. The fourth-order valence-electron chi connectivity index (χ4n) is 2.10. The van der Waals surface area contributed by atoms with Gasteiger partial charge in [-0.05, 0) is 24.3 Å². The first-order valence-corrected chi connectivity index (χ1v) is 6.39. The zero-order valence-corrected chi connectivity index (χ0v) is 11.0. The molecule has 1 fully saturated rings. The smallest absolute Gasteiger partial charge is 0.0589 e. The van der Waals surface area contributed by atoms with Crippen LogP contribution in [0.2, 0.25) is 5.02 Å². The summed E-state index contributed by atoms with van der Waals surface area (Å²) in [6, 6.07) is 8.09. The minimum absolute atomic E-state index is 0.799. The summed E-state index contributed by atoms with van der Waals surface area (Å²) in [7, 11) is 1.75. The second-order valence-electron chi connectivity index (χ2n) is 4.30. The number of methoxy groups -OCH3 is 1. The van der Waals surface area contributed by atoms with Crippen molar-refractivity contribution in [1.82, 2.24) is 4.90 Å². The van der Waals surface area contributed by atoms with Crippen molar-refractivity contribution < 1.29 is 4.74 Å². The van der Waals surface area contributed by atoms with E-state index in [1.54, 1.807) is 7.11 Å². The Kier molecular flexibility index (Phi) is 4.66. The van der Waals surface area contributed by atoms with Gasteiger partial charge in [-0.2, -0.15) is 0 Å². The molecule has 0 atom stereocenters. The van der Waals surface area contributed by atoms with Crippen molar-refractivity contribution in [3.63, 3.8) is 0 Å². The number of hydrogen-bond acceptors (Lipinski definition) is 3. The highest BCUT2D eigenvalue weighted by molar-refractivity contribution is 6.30. The maximum absolute atomic E-state index is 5.89. The van der Waals surface area contributed by atoms with Crippen molar-refractivity contribution in [2.45, 2.75) is 0 Å². The summed E-state index contributed by atoms with van der Waals surface area (Å²) in [4.78, 5) is 4.84. The molecular weight excluding hydrogens is 236 g/mol. The summed E-state index contributed by atoms with van der Waals surface area (Å²) in [6.45, 7) is 6.21. The van der Waals surface area contributed by atoms with E-state index in [0.717, 1.165) is 44.4 Å². The van der Waals surface area contributed by atoms with Gasteiger partial charge in [0.2, 0.25) is 0 Å². The Hall–Kier alpha value is -0.770. The molecule has 1 aromatic rings. The summed E-state index contributed by atoms with van der Waals surface area (Å²) >= 11 is 5.89. The van der Waals surface area contributed by atoms with Crippen molar-refractivity contribution in [1.29, 1.82) is 0 Å². The number of ether oxygens (including phenoxy) is 1. The van der Waals surface area contributed by atoms with E-state index in [0.29, 0.717) is 0 Å². The van der Waals surface area contributed by atoms with E-state index < -0.39 is 0 Å². The van der Waals surface area contributed by atoms with Crippen LogP contribution in [0, 0.1) is 0 Å². The highest BCUT2D eigenvalue weighted by Crippen LogP contribution is 2.19. The number of benzene rings is 1. The number of nitrogens with zero attached hydrogens (tertiary/aromatic N) is 2. The first-order valence-electron chi connectivity index (χ1n) is 6.01. The molecular formula is C13H19ClN2O. The van der Waals surface area contributed by atoms with Gasteiger partial charge in [-0.1, -0.05) is 11.6 Å². The van der Waals surface area contributed by atoms with Crippen molar-refractivity contribution in [3.05, 3.63) is 29.3 Å². The number of rotatable bonds is 4. The lowest BCUT2D eigenvalue weighted by Crippen LogP contribution is -2.47. The fourth-order valence-corrected chi connectivity index (χ4v) is 2.23. The number of anilines is 1.